The second-order valence-corrected chi connectivity index (χ2v) is 5.33. The van der Waals surface area contributed by atoms with E-state index in [9.17, 15) is 4.79 Å². The van der Waals surface area contributed by atoms with Crippen molar-refractivity contribution in [2.45, 2.75) is 20.3 Å². The summed E-state index contributed by atoms with van der Waals surface area (Å²) in [6.07, 6.45) is 0.819. The van der Waals surface area contributed by atoms with Gasteiger partial charge in [0, 0.05) is 5.56 Å². The Balaban J connectivity index is 2.16. The largest absolute Gasteiger partial charge is 0.271 e. The molecular formula is C18H20N2O. The molecule has 0 bridgehead atoms. The van der Waals surface area contributed by atoms with Gasteiger partial charge in [0.25, 0.3) is 5.91 Å². The van der Waals surface area contributed by atoms with Gasteiger partial charge >= 0.3 is 0 Å². The van der Waals surface area contributed by atoms with E-state index in [1.165, 1.54) is 0 Å². The zero-order valence-electron chi connectivity index (χ0n) is 12.4. The Hall–Kier alpha value is -2.42. The minimum absolute atomic E-state index is 0.187. The standard InChI is InChI=1S/C18H20N2O/c1-14(2)13-17(15-9-5-3-6-10-15)19-20-18(21)16-11-7-4-8-12-16/h3-12,14H,13H2,1-2H3,(H,20,21)/b19-17+. The lowest BCUT2D eigenvalue weighted by Crippen LogP contribution is -2.20. The van der Waals surface area contributed by atoms with Crippen LogP contribution in [0.2, 0.25) is 0 Å². The molecule has 0 aliphatic carbocycles. The third-order valence-electron chi connectivity index (χ3n) is 3.04. The van der Waals surface area contributed by atoms with Gasteiger partial charge in [0.1, 0.15) is 0 Å². The predicted octanol–water partition coefficient (Wildman–Crippen LogP) is 3.87. The maximum atomic E-state index is 12.0. The van der Waals surface area contributed by atoms with Crippen LogP contribution in [0.3, 0.4) is 0 Å². The minimum atomic E-state index is -0.187. The van der Waals surface area contributed by atoms with Crippen LogP contribution in [-0.4, -0.2) is 11.6 Å². The zero-order chi connectivity index (χ0) is 15.1. The molecule has 0 radical (unpaired) electrons. The Morgan fingerprint density at radius 2 is 1.48 bits per heavy atom. The summed E-state index contributed by atoms with van der Waals surface area (Å²) in [6.45, 7) is 4.27. The highest BCUT2D eigenvalue weighted by molar-refractivity contribution is 6.02. The number of hydrogen-bond donors (Lipinski definition) is 1. The normalized spacial score (nSPS) is 11.5. The number of rotatable bonds is 5. The van der Waals surface area contributed by atoms with Gasteiger partial charge in [0.15, 0.2) is 0 Å². The van der Waals surface area contributed by atoms with Crippen molar-refractivity contribution >= 4 is 11.6 Å². The van der Waals surface area contributed by atoms with Gasteiger partial charge in [-0.05, 0) is 30.0 Å². The molecule has 2 aromatic carbocycles. The molecule has 0 saturated heterocycles. The molecule has 3 nitrogen and oxygen atoms in total. The van der Waals surface area contributed by atoms with E-state index in [0.29, 0.717) is 11.5 Å². The van der Waals surface area contributed by atoms with Crippen molar-refractivity contribution in [3.05, 3.63) is 71.8 Å². The summed E-state index contributed by atoms with van der Waals surface area (Å²) in [6, 6.07) is 19.0. The van der Waals surface area contributed by atoms with Crippen molar-refractivity contribution in [3.63, 3.8) is 0 Å². The molecule has 0 unspecified atom stereocenters. The van der Waals surface area contributed by atoms with E-state index in [1.807, 2.05) is 48.5 Å². The zero-order valence-corrected chi connectivity index (χ0v) is 12.4. The van der Waals surface area contributed by atoms with Crippen molar-refractivity contribution in [3.8, 4) is 0 Å². The molecule has 2 aromatic rings. The number of carbonyl (C=O) groups is 1. The smallest absolute Gasteiger partial charge is 0.267 e. The molecule has 0 aliphatic heterocycles. The quantitative estimate of drug-likeness (QED) is 0.655. The Kier molecular flexibility index (Phi) is 5.27. The van der Waals surface area contributed by atoms with Crippen LogP contribution >= 0.6 is 0 Å². The first-order valence-corrected chi connectivity index (χ1v) is 7.14. The Labute approximate surface area is 125 Å². The van der Waals surface area contributed by atoms with Gasteiger partial charge < -0.3 is 0 Å². The minimum Gasteiger partial charge on any atom is -0.267 e. The number of hydrazone groups is 1. The molecule has 0 atom stereocenters. The van der Waals surface area contributed by atoms with Crippen LogP contribution in [0.25, 0.3) is 0 Å². The molecule has 2 rings (SSSR count). The van der Waals surface area contributed by atoms with Gasteiger partial charge in [-0.1, -0.05) is 62.4 Å². The second-order valence-electron chi connectivity index (χ2n) is 5.33. The van der Waals surface area contributed by atoms with E-state index in [0.717, 1.165) is 17.7 Å². The summed E-state index contributed by atoms with van der Waals surface area (Å²) in [4.78, 5) is 12.0. The fourth-order valence-electron chi connectivity index (χ4n) is 2.02. The molecule has 1 amide bonds. The number of hydrogen-bond acceptors (Lipinski definition) is 2. The van der Waals surface area contributed by atoms with E-state index in [4.69, 9.17) is 0 Å². The molecule has 108 valence electrons. The molecule has 0 heterocycles. The monoisotopic (exact) mass is 280 g/mol. The summed E-state index contributed by atoms with van der Waals surface area (Å²) in [7, 11) is 0. The molecule has 0 fully saturated rings. The highest BCUT2D eigenvalue weighted by atomic mass is 16.2. The average Bonchev–Trinajstić information content (AvgIpc) is 2.52. The molecule has 0 saturated carbocycles. The number of nitrogens with zero attached hydrogens (tertiary/aromatic N) is 1. The third-order valence-corrected chi connectivity index (χ3v) is 3.04. The van der Waals surface area contributed by atoms with Crippen LogP contribution in [0.5, 0.6) is 0 Å². The van der Waals surface area contributed by atoms with Gasteiger partial charge in [0.05, 0.1) is 5.71 Å². The average molecular weight is 280 g/mol. The lowest BCUT2D eigenvalue weighted by molar-refractivity contribution is 0.0954. The SMILES string of the molecule is CC(C)C/C(=N\NC(=O)c1ccccc1)c1ccccc1. The van der Waals surface area contributed by atoms with Crippen molar-refractivity contribution in [1.82, 2.24) is 5.43 Å². The summed E-state index contributed by atoms with van der Waals surface area (Å²) >= 11 is 0. The number of benzene rings is 2. The Bertz CT molecular complexity index is 604. The molecule has 0 aliphatic rings. The fourth-order valence-corrected chi connectivity index (χ4v) is 2.02. The van der Waals surface area contributed by atoms with Crippen LogP contribution in [-0.2, 0) is 0 Å². The van der Waals surface area contributed by atoms with Crippen LogP contribution < -0.4 is 5.43 Å². The van der Waals surface area contributed by atoms with Crippen LogP contribution in [0.15, 0.2) is 65.8 Å². The first-order valence-electron chi connectivity index (χ1n) is 7.14. The van der Waals surface area contributed by atoms with Crippen molar-refractivity contribution in [1.29, 1.82) is 0 Å². The van der Waals surface area contributed by atoms with E-state index in [1.54, 1.807) is 12.1 Å². The van der Waals surface area contributed by atoms with Crippen LogP contribution in [0.4, 0.5) is 0 Å². The fraction of sp³-hybridized carbons (Fsp3) is 0.222. The number of carbonyl (C=O) groups excluding carboxylic acids is 1. The van der Waals surface area contributed by atoms with Gasteiger partial charge in [-0.15, -0.1) is 0 Å². The molecule has 21 heavy (non-hydrogen) atoms. The van der Waals surface area contributed by atoms with E-state index < -0.39 is 0 Å². The lowest BCUT2D eigenvalue weighted by atomic mass is 10.0. The van der Waals surface area contributed by atoms with Gasteiger partial charge in [-0.25, -0.2) is 5.43 Å². The van der Waals surface area contributed by atoms with E-state index in [2.05, 4.69) is 24.4 Å². The first kappa shape index (κ1) is 15.0. The number of nitrogens with one attached hydrogen (secondary N) is 1. The van der Waals surface area contributed by atoms with Crippen molar-refractivity contribution in [2.75, 3.05) is 0 Å². The summed E-state index contributed by atoms with van der Waals surface area (Å²) in [5.41, 5.74) is 5.20. The highest BCUT2D eigenvalue weighted by Gasteiger charge is 2.08. The van der Waals surface area contributed by atoms with Gasteiger partial charge in [0.2, 0.25) is 0 Å². The predicted molar refractivity (Wildman–Crippen MR) is 86.3 cm³/mol. The summed E-state index contributed by atoms with van der Waals surface area (Å²) in [5, 5.41) is 4.33. The molecule has 0 aromatic heterocycles. The maximum absolute atomic E-state index is 12.0. The van der Waals surface area contributed by atoms with Crippen molar-refractivity contribution in [2.24, 2.45) is 11.0 Å². The van der Waals surface area contributed by atoms with E-state index in [-0.39, 0.29) is 5.91 Å². The van der Waals surface area contributed by atoms with Gasteiger partial charge in [-0.2, -0.15) is 5.10 Å². The molecule has 3 heteroatoms. The molecule has 1 N–H and O–H groups in total. The Morgan fingerprint density at radius 1 is 0.952 bits per heavy atom. The topological polar surface area (TPSA) is 41.5 Å². The number of amides is 1. The lowest BCUT2D eigenvalue weighted by Gasteiger charge is -2.10. The van der Waals surface area contributed by atoms with Crippen molar-refractivity contribution < 1.29 is 4.79 Å². The van der Waals surface area contributed by atoms with Crippen LogP contribution in [0, 0.1) is 5.92 Å². The highest BCUT2D eigenvalue weighted by Crippen LogP contribution is 2.10. The molecule has 0 spiro atoms. The second kappa shape index (κ2) is 7.39. The van der Waals surface area contributed by atoms with Gasteiger partial charge in [-0.3, -0.25) is 4.79 Å². The summed E-state index contributed by atoms with van der Waals surface area (Å²) < 4.78 is 0. The van der Waals surface area contributed by atoms with Crippen LogP contribution in [0.1, 0.15) is 36.2 Å². The first-order chi connectivity index (χ1) is 10.2. The third kappa shape index (κ3) is 4.56. The summed E-state index contributed by atoms with van der Waals surface area (Å²) in [5.74, 6) is 0.283. The van der Waals surface area contributed by atoms with E-state index >= 15 is 0 Å². The maximum Gasteiger partial charge on any atom is 0.271 e. The Morgan fingerprint density at radius 3 is 2.00 bits per heavy atom. The molecular weight excluding hydrogens is 260 g/mol.